The number of amides is 3. The molecule has 3 rings (SSSR count). The van der Waals surface area contributed by atoms with Crippen LogP contribution in [0.4, 0.5) is 4.79 Å². The van der Waals surface area contributed by atoms with Crippen LogP contribution in [0.1, 0.15) is 72.1 Å². The van der Waals surface area contributed by atoms with Gasteiger partial charge in [-0.25, -0.2) is 4.79 Å². The first-order chi connectivity index (χ1) is 15.2. The van der Waals surface area contributed by atoms with Gasteiger partial charge in [-0.3, -0.25) is 9.69 Å². The fourth-order valence-corrected chi connectivity index (χ4v) is 5.14. The molecular formula is C24H41N5O3. The molecule has 0 radical (unpaired) electrons. The van der Waals surface area contributed by atoms with Gasteiger partial charge in [-0.1, -0.05) is 32.1 Å². The van der Waals surface area contributed by atoms with Crippen LogP contribution in [0.25, 0.3) is 0 Å². The molecule has 180 valence electrons. The average Bonchev–Trinajstić information content (AvgIpc) is 2.79. The van der Waals surface area contributed by atoms with Gasteiger partial charge in [-0.05, 0) is 46.0 Å². The molecule has 0 aromatic rings. The minimum atomic E-state index is -0.868. The standard InChI is InChI=1S/C24H41N5O3/c1-23(2,3)29-11-9-24(18-25,10-12-29)27-21(30)20(17-19-7-5-4-6-8-19)26-22(31)28-13-15-32-16-14-28/h19-20H,4-17H2,1-3H3,(H,26,31)(H,27,30). The van der Waals surface area contributed by atoms with E-state index in [2.05, 4.69) is 42.4 Å². The summed E-state index contributed by atoms with van der Waals surface area (Å²) in [5.74, 6) is 0.216. The first-order valence-electron chi connectivity index (χ1n) is 12.3. The molecule has 0 spiro atoms. The van der Waals surface area contributed by atoms with Crippen molar-refractivity contribution in [2.45, 2.75) is 89.3 Å². The molecule has 3 amide bonds. The topological polar surface area (TPSA) is 97.7 Å². The van der Waals surface area contributed by atoms with Crippen molar-refractivity contribution in [3.8, 4) is 6.07 Å². The van der Waals surface area contributed by atoms with E-state index in [0.717, 1.165) is 25.9 Å². The monoisotopic (exact) mass is 447 g/mol. The molecule has 2 heterocycles. The number of likely N-dealkylation sites (tertiary alicyclic amines) is 1. The van der Waals surface area contributed by atoms with E-state index in [9.17, 15) is 14.9 Å². The molecule has 32 heavy (non-hydrogen) atoms. The molecule has 2 saturated heterocycles. The molecule has 2 N–H and O–H groups in total. The minimum absolute atomic E-state index is 0.0429. The van der Waals surface area contributed by atoms with Crippen LogP contribution >= 0.6 is 0 Å². The first-order valence-corrected chi connectivity index (χ1v) is 12.3. The summed E-state index contributed by atoms with van der Waals surface area (Å²) in [6.45, 7) is 10.2. The maximum Gasteiger partial charge on any atom is 0.318 e. The highest BCUT2D eigenvalue weighted by Gasteiger charge is 2.40. The van der Waals surface area contributed by atoms with Crippen molar-refractivity contribution in [3.63, 3.8) is 0 Å². The van der Waals surface area contributed by atoms with E-state index < -0.39 is 11.6 Å². The predicted octanol–water partition coefficient (Wildman–Crippen LogP) is 2.64. The number of rotatable bonds is 5. The molecule has 0 aromatic heterocycles. The van der Waals surface area contributed by atoms with Gasteiger partial charge in [0.15, 0.2) is 0 Å². The second kappa shape index (κ2) is 10.8. The van der Waals surface area contributed by atoms with Gasteiger partial charge < -0.3 is 20.3 Å². The van der Waals surface area contributed by atoms with Crippen LogP contribution in [0.5, 0.6) is 0 Å². The Morgan fingerprint density at radius 1 is 1.09 bits per heavy atom. The van der Waals surface area contributed by atoms with Gasteiger partial charge in [0, 0.05) is 31.7 Å². The summed E-state index contributed by atoms with van der Waals surface area (Å²) in [5, 5.41) is 16.0. The Kier molecular flexibility index (Phi) is 8.40. The largest absolute Gasteiger partial charge is 0.378 e. The van der Waals surface area contributed by atoms with Crippen molar-refractivity contribution in [2.24, 2.45) is 5.92 Å². The van der Waals surface area contributed by atoms with E-state index in [1.54, 1.807) is 4.90 Å². The number of nitrogens with one attached hydrogen (secondary N) is 2. The number of carbonyl (C=O) groups is 2. The first kappa shape index (κ1) is 24.8. The third-order valence-electron chi connectivity index (χ3n) is 7.35. The minimum Gasteiger partial charge on any atom is -0.378 e. The van der Waals surface area contributed by atoms with Crippen molar-refractivity contribution in [2.75, 3.05) is 39.4 Å². The average molecular weight is 448 g/mol. The van der Waals surface area contributed by atoms with Crippen LogP contribution in [-0.2, 0) is 9.53 Å². The third-order valence-corrected chi connectivity index (χ3v) is 7.35. The highest BCUT2D eigenvalue weighted by molar-refractivity contribution is 5.87. The fourth-order valence-electron chi connectivity index (χ4n) is 5.14. The van der Waals surface area contributed by atoms with E-state index in [1.807, 2.05) is 0 Å². The van der Waals surface area contributed by atoms with E-state index in [0.29, 0.717) is 51.5 Å². The number of ether oxygens (including phenoxy) is 1. The number of nitrogens with zero attached hydrogens (tertiary/aromatic N) is 3. The Labute approximate surface area is 193 Å². The molecular weight excluding hydrogens is 406 g/mol. The van der Waals surface area contributed by atoms with Gasteiger partial charge >= 0.3 is 6.03 Å². The highest BCUT2D eigenvalue weighted by Crippen LogP contribution is 2.29. The Hall–Kier alpha value is -1.85. The lowest BCUT2D eigenvalue weighted by atomic mass is 9.83. The van der Waals surface area contributed by atoms with Crippen LogP contribution in [-0.4, -0.2) is 78.3 Å². The lowest BCUT2D eigenvalue weighted by Crippen LogP contribution is -2.61. The van der Waals surface area contributed by atoms with E-state index in [-0.39, 0.29) is 17.5 Å². The molecule has 1 atom stereocenters. The quantitative estimate of drug-likeness (QED) is 0.675. The van der Waals surface area contributed by atoms with Gasteiger partial charge in [0.05, 0.1) is 19.3 Å². The van der Waals surface area contributed by atoms with Gasteiger partial charge in [0.1, 0.15) is 11.6 Å². The Balaban J connectivity index is 1.66. The number of hydrogen-bond donors (Lipinski definition) is 2. The molecule has 0 aromatic carbocycles. The molecule has 3 aliphatic rings. The molecule has 1 saturated carbocycles. The number of morpholine rings is 1. The molecule has 1 unspecified atom stereocenters. The van der Waals surface area contributed by atoms with Crippen molar-refractivity contribution >= 4 is 11.9 Å². The normalized spacial score (nSPS) is 23.8. The zero-order chi connectivity index (χ0) is 23.2. The predicted molar refractivity (Wildman–Crippen MR) is 123 cm³/mol. The molecule has 2 aliphatic heterocycles. The summed E-state index contributed by atoms with van der Waals surface area (Å²) >= 11 is 0. The van der Waals surface area contributed by atoms with Gasteiger partial charge in [-0.2, -0.15) is 5.26 Å². The fraction of sp³-hybridized carbons (Fsp3) is 0.875. The molecule has 0 bridgehead atoms. The second-order valence-corrected chi connectivity index (χ2v) is 10.7. The summed E-state index contributed by atoms with van der Waals surface area (Å²) in [4.78, 5) is 30.3. The lowest BCUT2D eigenvalue weighted by molar-refractivity contribution is -0.125. The maximum atomic E-state index is 13.4. The van der Waals surface area contributed by atoms with Gasteiger partial charge in [0.25, 0.3) is 0 Å². The van der Waals surface area contributed by atoms with Gasteiger partial charge in [-0.15, -0.1) is 0 Å². The summed E-state index contributed by atoms with van der Waals surface area (Å²) in [7, 11) is 0. The number of carbonyl (C=O) groups excluding carboxylic acids is 2. The molecule has 8 nitrogen and oxygen atoms in total. The SMILES string of the molecule is CC(C)(C)N1CCC(C#N)(NC(=O)C(CC2CCCCC2)NC(=O)N2CCOCC2)CC1. The molecule has 8 heteroatoms. The maximum absolute atomic E-state index is 13.4. The Morgan fingerprint density at radius 3 is 2.28 bits per heavy atom. The summed E-state index contributed by atoms with van der Waals surface area (Å²) in [5.41, 5.74) is -0.825. The summed E-state index contributed by atoms with van der Waals surface area (Å²) < 4.78 is 5.34. The Morgan fingerprint density at radius 2 is 1.72 bits per heavy atom. The van der Waals surface area contributed by atoms with Crippen LogP contribution in [0, 0.1) is 17.2 Å². The van der Waals surface area contributed by atoms with E-state index >= 15 is 0 Å². The third kappa shape index (κ3) is 6.58. The van der Waals surface area contributed by atoms with E-state index in [1.165, 1.54) is 19.3 Å². The van der Waals surface area contributed by atoms with Crippen LogP contribution in [0.2, 0.25) is 0 Å². The van der Waals surface area contributed by atoms with Crippen molar-refractivity contribution in [3.05, 3.63) is 0 Å². The number of piperidine rings is 1. The van der Waals surface area contributed by atoms with Crippen molar-refractivity contribution in [1.82, 2.24) is 20.4 Å². The van der Waals surface area contributed by atoms with Crippen molar-refractivity contribution in [1.29, 1.82) is 5.26 Å². The number of nitriles is 1. The van der Waals surface area contributed by atoms with Crippen LogP contribution in [0.3, 0.4) is 0 Å². The number of hydrogen-bond acceptors (Lipinski definition) is 5. The van der Waals surface area contributed by atoms with Crippen LogP contribution in [0.15, 0.2) is 0 Å². The van der Waals surface area contributed by atoms with Crippen molar-refractivity contribution < 1.29 is 14.3 Å². The van der Waals surface area contributed by atoms with Gasteiger partial charge in [0.2, 0.25) is 5.91 Å². The summed E-state index contributed by atoms with van der Waals surface area (Å²) in [6.07, 6.45) is 7.64. The van der Waals surface area contributed by atoms with E-state index in [4.69, 9.17) is 4.74 Å². The highest BCUT2D eigenvalue weighted by atomic mass is 16.5. The number of urea groups is 1. The second-order valence-electron chi connectivity index (χ2n) is 10.7. The zero-order valence-electron chi connectivity index (χ0n) is 20.1. The smallest absolute Gasteiger partial charge is 0.318 e. The lowest BCUT2D eigenvalue weighted by Gasteiger charge is -2.44. The molecule has 1 aliphatic carbocycles. The summed E-state index contributed by atoms with van der Waals surface area (Å²) in [6, 6.07) is 1.58. The zero-order valence-corrected chi connectivity index (χ0v) is 20.1. The molecule has 3 fully saturated rings. The Bertz CT molecular complexity index is 679. The van der Waals surface area contributed by atoms with Crippen LogP contribution < -0.4 is 10.6 Å².